The minimum Gasteiger partial charge on any atom is -0.444 e. The molecule has 1 rings (SSSR count). The fourth-order valence-corrected chi connectivity index (χ4v) is 3.08. The molecule has 0 aliphatic heterocycles. The average Bonchev–Trinajstić information content (AvgIpc) is 2.47. The molecule has 0 unspecified atom stereocenters. The highest BCUT2D eigenvalue weighted by atomic mass is 32.2. The molecule has 2 N–H and O–H groups in total. The summed E-state index contributed by atoms with van der Waals surface area (Å²) < 4.78 is 31.1. The van der Waals surface area contributed by atoms with E-state index in [4.69, 9.17) is 4.74 Å². The van der Waals surface area contributed by atoms with E-state index >= 15 is 0 Å². The first-order valence-corrected chi connectivity index (χ1v) is 9.91. The Kier molecular flexibility index (Phi) is 7.43. The van der Waals surface area contributed by atoms with Gasteiger partial charge in [-0.25, -0.2) is 13.2 Å². The number of likely N-dealkylation sites (N-methyl/N-ethyl adjacent to an activating group) is 1. The van der Waals surface area contributed by atoms with Gasteiger partial charge in [0.2, 0.25) is 15.9 Å². The summed E-state index contributed by atoms with van der Waals surface area (Å²) in [6, 6.07) is 6.27. The summed E-state index contributed by atoms with van der Waals surface area (Å²) in [5, 5.41) is 2.64. The predicted octanol–water partition coefficient (Wildman–Crippen LogP) is 2.64. The molecule has 146 valence electrons. The molecule has 0 saturated heterocycles. The molecule has 0 radical (unpaired) electrons. The molecule has 0 heterocycles. The third-order valence-corrected chi connectivity index (χ3v) is 4.49. The van der Waals surface area contributed by atoms with Gasteiger partial charge in [0.1, 0.15) is 12.1 Å². The molecular weight excluding hydrogens is 358 g/mol. The average molecular weight is 385 g/mol. The van der Waals surface area contributed by atoms with Gasteiger partial charge in [-0.15, -0.1) is 0 Å². The highest BCUT2D eigenvalue weighted by Crippen LogP contribution is 2.15. The van der Waals surface area contributed by atoms with E-state index in [9.17, 15) is 18.0 Å². The normalized spacial score (nSPS) is 11.6. The smallest absolute Gasteiger partial charge is 0.410 e. The van der Waals surface area contributed by atoms with Crippen LogP contribution in [0.4, 0.5) is 16.2 Å². The van der Waals surface area contributed by atoms with E-state index in [1.54, 1.807) is 52.0 Å². The van der Waals surface area contributed by atoms with Gasteiger partial charge in [-0.1, -0.05) is 6.92 Å². The van der Waals surface area contributed by atoms with Gasteiger partial charge in [-0.05, 0) is 51.5 Å². The Morgan fingerprint density at radius 3 is 2.15 bits per heavy atom. The summed E-state index contributed by atoms with van der Waals surface area (Å²) in [5.41, 5.74) is 0.274. The maximum absolute atomic E-state index is 12.0. The summed E-state index contributed by atoms with van der Waals surface area (Å²) in [6.07, 6.45) is -0.0670. The zero-order chi connectivity index (χ0) is 20.0. The molecule has 0 atom stereocenters. The van der Waals surface area contributed by atoms with Crippen molar-refractivity contribution in [1.29, 1.82) is 0 Å². The monoisotopic (exact) mass is 385 g/mol. The molecule has 0 fully saturated rings. The van der Waals surface area contributed by atoms with Gasteiger partial charge in [0.05, 0.1) is 5.75 Å². The number of amides is 2. The molecule has 26 heavy (non-hydrogen) atoms. The molecule has 1 aromatic rings. The first-order valence-electron chi connectivity index (χ1n) is 8.26. The van der Waals surface area contributed by atoms with Crippen molar-refractivity contribution in [3.8, 4) is 0 Å². The Balaban J connectivity index is 2.58. The molecule has 0 aliphatic carbocycles. The molecule has 2 amide bonds. The number of nitrogens with one attached hydrogen (secondary N) is 2. The first kappa shape index (κ1) is 21.8. The van der Waals surface area contributed by atoms with E-state index in [1.165, 1.54) is 11.9 Å². The summed E-state index contributed by atoms with van der Waals surface area (Å²) in [6.45, 7) is 6.85. The second-order valence-electron chi connectivity index (χ2n) is 6.88. The van der Waals surface area contributed by atoms with Crippen LogP contribution in [0.1, 0.15) is 34.1 Å². The third kappa shape index (κ3) is 8.19. The van der Waals surface area contributed by atoms with Crippen LogP contribution in [-0.4, -0.2) is 50.3 Å². The summed E-state index contributed by atoms with van der Waals surface area (Å²) in [7, 11) is -1.89. The lowest BCUT2D eigenvalue weighted by Gasteiger charge is -2.24. The largest absolute Gasteiger partial charge is 0.444 e. The van der Waals surface area contributed by atoms with Crippen LogP contribution in [0.5, 0.6) is 0 Å². The Morgan fingerprint density at radius 1 is 1.12 bits per heavy atom. The van der Waals surface area contributed by atoms with Crippen LogP contribution in [-0.2, 0) is 19.6 Å². The topological polar surface area (TPSA) is 105 Å². The molecule has 8 nitrogen and oxygen atoms in total. The number of carbonyl (C=O) groups is 2. The van der Waals surface area contributed by atoms with Crippen LogP contribution in [0, 0.1) is 0 Å². The van der Waals surface area contributed by atoms with Gasteiger partial charge in [0, 0.05) is 18.4 Å². The highest BCUT2D eigenvalue weighted by Gasteiger charge is 2.21. The number of hydrogen-bond donors (Lipinski definition) is 2. The van der Waals surface area contributed by atoms with Crippen LogP contribution < -0.4 is 10.0 Å². The number of rotatable bonds is 7. The summed E-state index contributed by atoms with van der Waals surface area (Å²) >= 11 is 0. The van der Waals surface area contributed by atoms with Crippen LogP contribution in [0.15, 0.2) is 24.3 Å². The van der Waals surface area contributed by atoms with Crippen molar-refractivity contribution >= 4 is 33.4 Å². The minimum atomic E-state index is -3.36. The van der Waals surface area contributed by atoms with Crippen LogP contribution in [0.25, 0.3) is 0 Å². The Bertz CT molecular complexity index is 724. The van der Waals surface area contributed by atoms with Gasteiger partial charge in [-0.3, -0.25) is 9.52 Å². The molecule has 0 spiro atoms. The molecule has 0 aliphatic rings. The quantitative estimate of drug-likeness (QED) is 0.751. The fourth-order valence-electron chi connectivity index (χ4n) is 1.94. The predicted molar refractivity (Wildman–Crippen MR) is 102 cm³/mol. The van der Waals surface area contributed by atoms with E-state index in [0.29, 0.717) is 17.8 Å². The van der Waals surface area contributed by atoms with Crippen molar-refractivity contribution < 1.29 is 22.7 Å². The van der Waals surface area contributed by atoms with Crippen molar-refractivity contribution in [2.24, 2.45) is 0 Å². The number of ether oxygens (including phenoxy) is 1. The number of carbonyl (C=O) groups excluding carboxylic acids is 2. The molecule has 9 heteroatoms. The van der Waals surface area contributed by atoms with Crippen LogP contribution >= 0.6 is 0 Å². The molecule has 0 aromatic heterocycles. The van der Waals surface area contributed by atoms with Gasteiger partial charge in [-0.2, -0.15) is 0 Å². The zero-order valence-electron chi connectivity index (χ0n) is 15.8. The van der Waals surface area contributed by atoms with E-state index in [1.807, 2.05) is 0 Å². The first-order chi connectivity index (χ1) is 11.9. The van der Waals surface area contributed by atoms with E-state index in [-0.39, 0.29) is 12.3 Å². The van der Waals surface area contributed by atoms with Crippen molar-refractivity contribution in [2.75, 3.05) is 29.4 Å². The Morgan fingerprint density at radius 2 is 1.65 bits per heavy atom. The lowest BCUT2D eigenvalue weighted by Crippen LogP contribution is -2.38. The molecule has 0 saturated carbocycles. The van der Waals surface area contributed by atoms with Crippen molar-refractivity contribution in [1.82, 2.24) is 4.90 Å². The van der Waals surface area contributed by atoms with E-state index < -0.39 is 27.6 Å². The molecular formula is C17H27N3O5S. The molecule has 1 aromatic carbocycles. The number of sulfonamides is 1. The standard InChI is InChI=1S/C17H27N3O5S/c1-6-11-26(23,24)19-14-9-7-13(8-10-14)18-15(21)12-20(5)16(22)25-17(2,3)4/h7-10,19H,6,11-12H2,1-5H3,(H,18,21). The maximum Gasteiger partial charge on any atom is 0.410 e. The Labute approximate surface area is 155 Å². The van der Waals surface area contributed by atoms with Crippen LogP contribution in [0.3, 0.4) is 0 Å². The van der Waals surface area contributed by atoms with E-state index in [2.05, 4.69) is 10.0 Å². The lowest BCUT2D eigenvalue weighted by atomic mass is 10.2. The van der Waals surface area contributed by atoms with E-state index in [0.717, 1.165) is 0 Å². The number of anilines is 2. The zero-order valence-corrected chi connectivity index (χ0v) is 16.6. The minimum absolute atomic E-state index is 0.0441. The van der Waals surface area contributed by atoms with Gasteiger partial charge >= 0.3 is 6.09 Å². The van der Waals surface area contributed by atoms with Gasteiger partial charge in [0.25, 0.3) is 0 Å². The second kappa shape index (κ2) is 8.88. The van der Waals surface area contributed by atoms with Gasteiger partial charge < -0.3 is 15.0 Å². The SMILES string of the molecule is CCCS(=O)(=O)Nc1ccc(NC(=O)CN(C)C(=O)OC(C)(C)C)cc1. The third-order valence-electron chi connectivity index (χ3n) is 3.00. The fraction of sp³-hybridized carbons (Fsp3) is 0.529. The number of nitrogens with zero attached hydrogens (tertiary/aromatic N) is 1. The van der Waals surface area contributed by atoms with Crippen LogP contribution in [0.2, 0.25) is 0 Å². The number of benzene rings is 1. The lowest BCUT2D eigenvalue weighted by molar-refractivity contribution is -0.117. The highest BCUT2D eigenvalue weighted by molar-refractivity contribution is 7.92. The second-order valence-corrected chi connectivity index (χ2v) is 8.72. The summed E-state index contributed by atoms with van der Waals surface area (Å²) in [4.78, 5) is 25.0. The number of hydrogen-bond acceptors (Lipinski definition) is 5. The Hall–Kier alpha value is -2.29. The van der Waals surface area contributed by atoms with Crippen molar-refractivity contribution in [3.05, 3.63) is 24.3 Å². The summed E-state index contributed by atoms with van der Waals surface area (Å²) in [5.74, 6) is -0.347. The maximum atomic E-state index is 12.0. The van der Waals surface area contributed by atoms with Crippen molar-refractivity contribution in [3.63, 3.8) is 0 Å². The molecule has 0 bridgehead atoms. The van der Waals surface area contributed by atoms with Gasteiger partial charge in [0.15, 0.2) is 0 Å². The van der Waals surface area contributed by atoms with Crippen molar-refractivity contribution in [2.45, 2.75) is 39.7 Å².